The van der Waals surface area contributed by atoms with Gasteiger partial charge in [0.15, 0.2) is 0 Å². The molecule has 0 bridgehead atoms. The Hall–Kier alpha value is -0.240. The van der Waals surface area contributed by atoms with Crippen LogP contribution in [-0.2, 0) is 9.47 Å². The lowest BCUT2D eigenvalue weighted by Gasteiger charge is -2.25. The molecule has 142 valence electrons. The van der Waals surface area contributed by atoms with E-state index in [1.165, 1.54) is 0 Å². The van der Waals surface area contributed by atoms with Gasteiger partial charge >= 0.3 is 0 Å². The van der Waals surface area contributed by atoms with Crippen molar-refractivity contribution >= 4 is 0 Å². The lowest BCUT2D eigenvalue weighted by atomic mass is 10.1. The third-order valence-corrected chi connectivity index (χ3v) is 2.50. The van der Waals surface area contributed by atoms with E-state index >= 15 is 0 Å². The zero-order chi connectivity index (χ0) is 18.3. The Labute approximate surface area is 142 Å². The summed E-state index contributed by atoms with van der Waals surface area (Å²) in [5.74, 6) is 0. The van der Waals surface area contributed by atoms with E-state index in [0.29, 0.717) is 44.6 Å². The quantitative estimate of drug-likeness (QED) is 0.424. The van der Waals surface area contributed by atoms with Crippen molar-refractivity contribution in [2.75, 3.05) is 39.6 Å². The van der Waals surface area contributed by atoms with E-state index in [0.717, 1.165) is 0 Å². The molecule has 23 heavy (non-hydrogen) atoms. The Bertz CT molecular complexity index is 245. The van der Waals surface area contributed by atoms with Crippen molar-refractivity contribution in [1.29, 1.82) is 0 Å². The molecule has 0 saturated carbocycles. The lowest BCUT2D eigenvalue weighted by Crippen LogP contribution is -2.44. The first-order chi connectivity index (χ1) is 10.6. The summed E-state index contributed by atoms with van der Waals surface area (Å²) < 4.78 is 10.3. The van der Waals surface area contributed by atoms with E-state index in [1.807, 2.05) is 0 Å². The van der Waals surface area contributed by atoms with Gasteiger partial charge < -0.3 is 30.3 Å². The van der Waals surface area contributed by atoms with E-state index in [9.17, 15) is 0 Å². The second kappa shape index (κ2) is 15.3. The number of aliphatic hydroxyl groups excluding tert-OH is 2. The van der Waals surface area contributed by atoms with Crippen molar-refractivity contribution in [1.82, 2.24) is 10.6 Å². The summed E-state index contributed by atoms with van der Waals surface area (Å²) in [5, 5.41) is 23.5. The van der Waals surface area contributed by atoms with Crippen molar-refractivity contribution in [3.63, 3.8) is 0 Å². The summed E-state index contributed by atoms with van der Waals surface area (Å²) in [7, 11) is 0. The van der Waals surface area contributed by atoms with Gasteiger partial charge in [0.25, 0.3) is 0 Å². The van der Waals surface area contributed by atoms with E-state index in [4.69, 9.17) is 19.7 Å². The third-order valence-electron chi connectivity index (χ3n) is 2.50. The molecule has 0 rings (SSSR count). The second-order valence-corrected chi connectivity index (χ2v) is 7.11. The van der Waals surface area contributed by atoms with E-state index in [2.05, 4.69) is 59.1 Å². The van der Waals surface area contributed by atoms with E-state index in [-0.39, 0.29) is 18.8 Å². The maximum absolute atomic E-state index is 8.47. The molecule has 0 saturated heterocycles. The molecular formula is C17H40N2O4. The molecule has 0 aliphatic heterocycles. The van der Waals surface area contributed by atoms with Crippen molar-refractivity contribution in [2.24, 2.45) is 0 Å². The highest BCUT2D eigenvalue weighted by molar-refractivity contribution is 4.74. The van der Waals surface area contributed by atoms with Crippen LogP contribution in [0.15, 0.2) is 0 Å². The SMILES string of the molecule is CC(C)NC(C)COCCO.CC(COCCO)NC(C)(C)C. The summed E-state index contributed by atoms with van der Waals surface area (Å²) in [5.41, 5.74) is 0.127. The van der Waals surface area contributed by atoms with Gasteiger partial charge in [-0.05, 0) is 34.6 Å². The smallest absolute Gasteiger partial charge is 0.0698 e. The van der Waals surface area contributed by atoms with Crippen LogP contribution in [-0.4, -0.2) is 73.5 Å². The van der Waals surface area contributed by atoms with Crippen LogP contribution in [0.2, 0.25) is 0 Å². The van der Waals surface area contributed by atoms with Gasteiger partial charge in [-0.1, -0.05) is 13.8 Å². The molecule has 0 fully saturated rings. The van der Waals surface area contributed by atoms with Crippen LogP contribution in [0.1, 0.15) is 48.5 Å². The van der Waals surface area contributed by atoms with Crippen LogP contribution >= 0.6 is 0 Å². The summed E-state index contributed by atoms with van der Waals surface area (Å²) >= 11 is 0. The van der Waals surface area contributed by atoms with Crippen LogP contribution in [0.4, 0.5) is 0 Å². The topological polar surface area (TPSA) is 83.0 Å². The van der Waals surface area contributed by atoms with Crippen LogP contribution in [0.5, 0.6) is 0 Å². The standard InChI is InChI=1S/C9H21NO2.C8H19NO2/c1-8(7-12-6-5-11)10-9(2,3)4;1-7(2)9-8(3)6-11-5-4-10/h8,10-11H,5-7H2,1-4H3;7-10H,4-6H2,1-3H3. The van der Waals surface area contributed by atoms with Gasteiger partial charge in [-0.25, -0.2) is 0 Å². The molecule has 0 spiro atoms. The van der Waals surface area contributed by atoms with Gasteiger partial charge in [0.1, 0.15) is 0 Å². The van der Waals surface area contributed by atoms with Crippen molar-refractivity contribution < 1.29 is 19.7 Å². The molecule has 4 N–H and O–H groups in total. The van der Waals surface area contributed by atoms with Gasteiger partial charge in [-0.2, -0.15) is 0 Å². The van der Waals surface area contributed by atoms with Gasteiger partial charge in [0.05, 0.1) is 39.6 Å². The van der Waals surface area contributed by atoms with E-state index < -0.39 is 0 Å². The number of nitrogens with one attached hydrogen (secondary N) is 2. The Morgan fingerprint density at radius 2 is 1.26 bits per heavy atom. The van der Waals surface area contributed by atoms with Gasteiger partial charge in [-0.3, -0.25) is 0 Å². The first-order valence-corrected chi connectivity index (χ1v) is 8.53. The molecule has 0 radical (unpaired) electrons. The highest BCUT2D eigenvalue weighted by Crippen LogP contribution is 2.00. The third kappa shape index (κ3) is 24.1. The number of hydrogen-bond donors (Lipinski definition) is 4. The zero-order valence-corrected chi connectivity index (χ0v) is 16.2. The molecule has 6 heteroatoms. The zero-order valence-electron chi connectivity index (χ0n) is 16.2. The summed E-state index contributed by atoms with van der Waals surface area (Å²) in [4.78, 5) is 0. The Balaban J connectivity index is 0. The maximum atomic E-state index is 8.47. The average molecular weight is 337 g/mol. The highest BCUT2D eigenvalue weighted by atomic mass is 16.5. The lowest BCUT2D eigenvalue weighted by molar-refractivity contribution is 0.0749. The van der Waals surface area contributed by atoms with Crippen LogP contribution in [0, 0.1) is 0 Å². The largest absolute Gasteiger partial charge is 0.394 e. The highest BCUT2D eigenvalue weighted by Gasteiger charge is 2.12. The average Bonchev–Trinajstić information content (AvgIpc) is 2.37. The molecule has 0 aliphatic carbocycles. The molecule has 0 aliphatic rings. The number of hydrogen-bond acceptors (Lipinski definition) is 6. The van der Waals surface area contributed by atoms with Crippen molar-refractivity contribution in [3.05, 3.63) is 0 Å². The monoisotopic (exact) mass is 336 g/mol. The maximum Gasteiger partial charge on any atom is 0.0698 e. The van der Waals surface area contributed by atoms with Gasteiger partial charge in [0.2, 0.25) is 0 Å². The van der Waals surface area contributed by atoms with Gasteiger partial charge in [0, 0.05) is 23.7 Å². The minimum atomic E-state index is 0.0994. The predicted octanol–water partition coefficient (Wildman–Crippen LogP) is 1.15. The number of rotatable bonds is 11. The predicted molar refractivity (Wildman–Crippen MR) is 95.9 cm³/mol. The summed E-state index contributed by atoms with van der Waals surface area (Å²) in [6.45, 7) is 17.1. The Morgan fingerprint density at radius 1 is 0.826 bits per heavy atom. The minimum absolute atomic E-state index is 0.0994. The Kier molecular flexibility index (Phi) is 16.6. The molecule has 2 atom stereocenters. The van der Waals surface area contributed by atoms with Gasteiger partial charge in [-0.15, -0.1) is 0 Å². The molecule has 2 unspecified atom stereocenters. The molecule has 0 aromatic heterocycles. The van der Waals surface area contributed by atoms with E-state index in [1.54, 1.807) is 0 Å². The van der Waals surface area contributed by atoms with Crippen molar-refractivity contribution in [2.45, 2.75) is 72.1 Å². The van der Waals surface area contributed by atoms with Crippen LogP contribution < -0.4 is 10.6 Å². The number of ether oxygens (including phenoxy) is 2. The van der Waals surface area contributed by atoms with Crippen molar-refractivity contribution in [3.8, 4) is 0 Å². The summed E-state index contributed by atoms with van der Waals surface area (Å²) in [6.07, 6.45) is 0. The molecule has 0 heterocycles. The number of aliphatic hydroxyl groups is 2. The molecule has 0 aromatic rings. The second-order valence-electron chi connectivity index (χ2n) is 7.11. The fourth-order valence-corrected chi connectivity index (χ4v) is 2.05. The fourth-order valence-electron chi connectivity index (χ4n) is 2.05. The molecule has 6 nitrogen and oxygen atoms in total. The fraction of sp³-hybridized carbons (Fsp3) is 1.00. The Morgan fingerprint density at radius 3 is 1.61 bits per heavy atom. The normalized spacial score (nSPS) is 14.3. The molecule has 0 amide bonds. The van der Waals surface area contributed by atoms with Crippen LogP contribution in [0.3, 0.4) is 0 Å². The first kappa shape index (κ1) is 25.0. The minimum Gasteiger partial charge on any atom is -0.394 e. The van der Waals surface area contributed by atoms with Crippen LogP contribution in [0.25, 0.3) is 0 Å². The molecule has 0 aromatic carbocycles. The summed E-state index contributed by atoms with van der Waals surface area (Å²) in [6, 6.07) is 1.18. The molecular weight excluding hydrogens is 296 g/mol. The first-order valence-electron chi connectivity index (χ1n) is 8.53.